The van der Waals surface area contributed by atoms with E-state index in [4.69, 9.17) is 33.2 Å². The van der Waals surface area contributed by atoms with Gasteiger partial charge in [0.25, 0.3) is 0 Å². The molecular formula is C27H28O11. The molecule has 2 unspecified atom stereocenters. The van der Waals surface area contributed by atoms with Crippen LogP contribution in [0.3, 0.4) is 0 Å². The molecule has 3 aromatic rings. The van der Waals surface area contributed by atoms with Crippen molar-refractivity contribution in [1.29, 1.82) is 0 Å². The van der Waals surface area contributed by atoms with Gasteiger partial charge in [0.1, 0.15) is 23.4 Å². The van der Waals surface area contributed by atoms with Gasteiger partial charge in [0.2, 0.25) is 11.5 Å². The lowest BCUT2D eigenvalue weighted by molar-refractivity contribution is -0.0189. The molecule has 202 valence electrons. The smallest absolute Gasteiger partial charge is 0.338 e. The van der Waals surface area contributed by atoms with E-state index >= 15 is 0 Å². The predicted molar refractivity (Wildman–Crippen MR) is 133 cm³/mol. The molecule has 11 heteroatoms. The van der Waals surface area contributed by atoms with Crippen molar-refractivity contribution in [2.75, 3.05) is 35.5 Å². The summed E-state index contributed by atoms with van der Waals surface area (Å²) in [7, 11) is 7.07. The van der Waals surface area contributed by atoms with E-state index in [1.165, 1.54) is 71.9 Å². The van der Waals surface area contributed by atoms with Gasteiger partial charge in [0.05, 0.1) is 41.1 Å². The van der Waals surface area contributed by atoms with E-state index in [-0.39, 0.29) is 58.0 Å². The molecule has 0 bridgehead atoms. The highest BCUT2D eigenvalue weighted by Gasteiger charge is 2.37. The van der Waals surface area contributed by atoms with Crippen molar-refractivity contribution in [2.24, 2.45) is 0 Å². The molecule has 0 amide bonds. The Hall–Kier alpha value is -4.67. The number of fused-ring (bicyclic) bond motifs is 1. The zero-order valence-electron chi connectivity index (χ0n) is 21.4. The second-order valence-electron chi connectivity index (χ2n) is 8.32. The molecule has 3 aromatic carbocycles. The van der Waals surface area contributed by atoms with Crippen molar-refractivity contribution in [1.82, 2.24) is 0 Å². The molecule has 3 N–H and O–H groups in total. The highest BCUT2D eigenvalue weighted by Crippen LogP contribution is 2.46. The molecule has 1 heterocycles. The van der Waals surface area contributed by atoms with E-state index in [2.05, 4.69) is 0 Å². The Bertz CT molecular complexity index is 1300. The second kappa shape index (κ2) is 10.8. The summed E-state index contributed by atoms with van der Waals surface area (Å²) in [6.45, 7) is 0. The zero-order chi connectivity index (χ0) is 27.6. The van der Waals surface area contributed by atoms with Gasteiger partial charge in [-0.3, -0.25) is 0 Å². The molecule has 0 aliphatic carbocycles. The Morgan fingerprint density at radius 2 is 1.37 bits per heavy atom. The first-order chi connectivity index (χ1) is 18.2. The van der Waals surface area contributed by atoms with Gasteiger partial charge < -0.3 is 48.5 Å². The van der Waals surface area contributed by atoms with Crippen LogP contribution in [0.2, 0.25) is 0 Å². The van der Waals surface area contributed by atoms with Gasteiger partial charge in [-0.1, -0.05) is 0 Å². The molecule has 4 rings (SSSR count). The number of methoxy groups -OCH3 is 5. The molecule has 11 nitrogen and oxygen atoms in total. The van der Waals surface area contributed by atoms with E-state index < -0.39 is 18.2 Å². The van der Waals surface area contributed by atoms with Crippen LogP contribution in [-0.2, 0) is 11.2 Å². The highest BCUT2D eigenvalue weighted by molar-refractivity contribution is 5.91. The largest absolute Gasteiger partial charge is 0.508 e. The average molecular weight is 529 g/mol. The summed E-state index contributed by atoms with van der Waals surface area (Å²) in [6.07, 6.45) is -1.84. The Morgan fingerprint density at radius 3 is 1.89 bits per heavy atom. The first kappa shape index (κ1) is 26.4. The monoisotopic (exact) mass is 528 g/mol. The van der Waals surface area contributed by atoms with Crippen molar-refractivity contribution in [2.45, 2.75) is 18.6 Å². The Kier molecular flexibility index (Phi) is 7.47. The highest BCUT2D eigenvalue weighted by atomic mass is 16.6. The van der Waals surface area contributed by atoms with Crippen molar-refractivity contribution in [3.63, 3.8) is 0 Å². The minimum atomic E-state index is -0.955. The Balaban J connectivity index is 1.77. The lowest BCUT2D eigenvalue weighted by atomic mass is 9.93. The summed E-state index contributed by atoms with van der Waals surface area (Å²) >= 11 is 0. The van der Waals surface area contributed by atoms with Gasteiger partial charge in [-0.15, -0.1) is 0 Å². The molecule has 2 atom stereocenters. The summed E-state index contributed by atoms with van der Waals surface area (Å²) in [5, 5.41) is 30.8. The molecule has 0 fully saturated rings. The third-order valence-electron chi connectivity index (χ3n) is 6.16. The molecular weight excluding hydrogens is 500 g/mol. The minimum Gasteiger partial charge on any atom is -0.508 e. The fourth-order valence-corrected chi connectivity index (χ4v) is 4.32. The summed E-state index contributed by atoms with van der Waals surface area (Å²) in [4.78, 5) is 13.4. The van der Waals surface area contributed by atoms with Crippen LogP contribution in [0.5, 0.6) is 51.7 Å². The van der Waals surface area contributed by atoms with Gasteiger partial charge in [-0.05, 0) is 24.3 Å². The fourth-order valence-electron chi connectivity index (χ4n) is 4.32. The molecule has 0 saturated heterocycles. The molecule has 0 aromatic heterocycles. The van der Waals surface area contributed by atoms with Crippen LogP contribution in [0.1, 0.15) is 27.6 Å². The van der Waals surface area contributed by atoms with Crippen LogP contribution >= 0.6 is 0 Å². The minimum absolute atomic E-state index is 0.0494. The number of esters is 1. The predicted octanol–water partition coefficient (Wildman–Crippen LogP) is 3.75. The number of phenols is 3. The number of phenolic OH excluding ortho intramolecular Hbond substituents is 3. The molecule has 0 spiro atoms. The van der Waals surface area contributed by atoms with E-state index in [0.29, 0.717) is 16.9 Å². The third kappa shape index (κ3) is 4.82. The van der Waals surface area contributed by atoms with Crippen molar-refractivity contribution >= 4 is 5.97 Å². The van der Waals surface area contributed by atoms with E-state index in [9.17, 15) is 20.1 Å². The number of ether oxygens (including phenoxy) is 7. The van der Waals surface area contributed by atoms with Crippen LogP contribution in [0.15, 0.2) is 36.4 Å². The lowest BCUT2D eigenvalue weighted by Crippen LogP contribution is -2.35. The Labute approximate surface area is 218 Å². The number of benzene rings is 3. The van der Waals surface area contributed by atoms with Gasteiger partial charge in [0.15, 0.2) is 29.1 Å². The van der Waals surface area contributed by atoms with Crippen LogP contribution in [0.4, 0.5) is 0 Å². The summed E-state index contributed by atoms with van der Waals surface area (Å²) in [5.41, 5.74) is 0.923. The zero-order valence-corrected chi connectivity index (χ0v) is 21.4. The second-order valence-corrected chi connectivity index (χ2v) is 8.32. The van der Waals surface area contributed by atoms with E-state index in [1.54, 1.807) is 0 Å². The number of aromatic hydroxyl groups is 3. The van der Waals surface area contributed by atoms with Gasteiger partial charge in [-0.25, -0.2) is 4.79 Å². The van der Waals surface area contributed by atoms with Crippen LogP contribution in [0, 0.1) is 0 Å². The molecule has 1 aliphatic heterocycles. The summed E-state index contributed by atoms with van der Waals surface area (Å²) in [5.74, 6) is -0.0702. The maximum absolute atomic E-state index is 13.4. The third-order valence-corrected chi connectivity index (χ3v) is 6.16. The normalized spacial score (nSPS) is 16.0. The van der Waals surface area contributed by atoms with Crippen LogP contribution in [-0.4, -0.2) is 62.9 Å². The number of hydrogen-bond acceptors (Lipinski definition) is 11. The molecule has 38 heavy (non-hydrogen) atoms. The Morgan fingerprint density at radius 1 is 0.789 bits per heavy atom. The van der Waals surface area contributed by atoms with Crippen LogP contribution in [0.25, 0.3) is 0 Å². The van der Waals surface area contributed by atoms with Gasteiger partial charge >= 0.3 is 5.97 Å². The number of rotatable bonds is 8. The maximum Gasteiger partial charge on any atom is 0.338 e. The fraction of sp³-hybridized carbons (Fsp3) is 0.296. The quantitative estimate of drug-likeness (QED) is 0.368. The lowest BCUT2D eigenvalue weighted by Gasteiger charge is -2.34. The summed E-state index contributed by atoms with van der Waals surface area (Å²) < 4.78 is 38.6. The van der Waals surface area contributed by atoms with Crippen LogP contribution < -0.4 is 28.4 Å². The topological polar surface area (TPSA) is 142 Å². The molecule has 0 saturated carbocycles. The summed E-state index contributed by atoms with van der Waals surface area (Å²) in [6, 6.07) is 8.49. The van der Waals surface area contributed by atoms with Crippen molar-refractivity contribution < 1.29 is 53.3 Å². The van der Waals surface area contributed by atoms with E-state index in [0.717, 1.165) is 0 Å². The maximum atomic E-state index is 13.4. The number of hydrogen-bond donors (Lipinski definition) is 3. The average Bonchev–Trinajstić information content (AvgIpc) is 2.92. The number of carbonyl (C=O) groups excluding carboxylic acids is 1. The SMILES string of the molecule is COc1cc(C2Oc3cc(O)cc(O)c3CC2OC(=O)c2cc(OC)c(OC)c(OC)c2)cc(OC)c1O. The van der Waals surface area contributed by atoms with Crippen molar-refractivity contribution in [3.05, 3.63) is 53.1 Å². The first-order valence-electron chi connectivity index (χ1n) is 11.4. The van der Waals surface area contributed by atoms with Gasteiger partial charge in [-0.2, -0.15) is 0 Å². The first-order valence-corrected chi connectivity index (χ1v) is 11.4. The molecule has 0 radical (unpaired) electrons. The van der Waals surface area contributed by atoms with Gasteiger partial charge in [0, 0.05) is 29.7 Å². The number of carbonyl (C=O) groups is 1. The standard InChI is InChI=1S/C27H28O11/c1-32-19-6-13(7-20(33-2)24(19)30)25-23(12-16-17(29)10-15(28)11-18(16)37-25)38-27(31)14-8-21(34-3)26(36-5)22(9-14)35-4/h6-11,23,25,28-30H,12H2,1-5H3. The van der Waals surface area contributed by atoms with E-state index in [1.807, 2.05) is 0 Å². The van der Waals surface area contributed by atoms with Crippen molar-refractivity contribution in [3.8, 4) is 51.7 Å². The molecule has 1 aliphatic rings.